The molecule has 8 heteroatoms. The van der Waals surface area contributed by atoms with Gasteiger partial charge < -0.3 is 15.4 Å². The van der Waals surface area contributed by atoms with Gasteiger partial charge in [0.05, 0.1) is 0 Å². The highest BCUT2D eigenvalue weighted by Gasteiger charge is 2.20. The van der Waals surface area contributed by atoms with Crippen LogP contribution in [-0.4, -0.2) is 37.2 Å². The number of carboxylic acid groups (broad SMARTS) is 1. The third kappa shape index (κ3) is 3.05. The standard InChI is InChI=1S/C9H15N3O4S/c1-2-12-6-7(5-8(12)9(13)14)17(15,16)11-4-3-10/h5-6,11H,2-4,10H2,1H3,(H,13,14). The summed E-state index contributed by atoms with van der Waals surface area (Å²) in [5.41, 5.74) is 5.14. The van der Waals surface area contributed by atoms with Crippen LogP contribution in [0.25, 0.3) is 0 Å². The maximum Gasteiger partial charge on any atom is 0.352 e. The van der Waals surface area contributed by atoms with Crippen LogP contribution in [0.1, 0.15) is 17.4 Å². The van der Waals surface area contributed by atoms with Crippen molar-refractivity contribution in [2.24, 2.45) is 5.73 Å². The monoisotopic (exact) mass is 261 g/mol. The lowest BCUT2D eigenvalue weighted by atomic mass is 10.4. The molecule has 0 radical (unpaired) electrons. The molecule has 0 amide bonds. The first-order valence-corrected chi connectivity index (χ1v) is 6.54. The zero-order valence-corrected chi connectivity index (χ0v) is 10.2. The fraction of sp³-hybridized carbons (Fsp3) is 0.444. The van der Waals surface area contributed by atoms with E-state index in [0.717, 1.165) is 6.07 Å². The van der Waals surface area contributed by atoms with Crippen molar-refractivity contribution in [3.8, 4) is 0 Å². The number of aromatic nitrogens is 1. The van der Waals surface area contributed by atoms with Gasteiger partial charge in [-0.3, -0.25) is 0 Å². The Labute approximate surface area is 99.3 Å². The van der Waals surface area contributed by atoms with E-state index in [1.807, 2.05) is 0 Å². The molecule has 1 heterocycles. The molecule has 0 aromatic carbocycles. The average molecular weight is 261 g/mol. The molecule has 1 aromatic rings. The van der Waals surface area contributed by atoms with Crippen LogP contribution in [0.5, 0.6) is 0 Å². The number of sulfonamides is 1. The third-order valence-electron chi connectivity index (χ3n) is 2.18. The lowest BCUT2D eigenvalue weighted by molar-refractivity contribution is 0.0685. The summed E-state index contributed by atoms with van der Waals surface area (Å²) >= 11 is 0. The van der Waals surface area contributed by atoms with Crippen molar-refractivity contribution in [2.45, 2.75) is 18.4 Å². The van der Waals surface area contributed by atoms with E-state index in [1.54, 1.807) is 6.92 Å². The minimum atomic E-state index is -3.68. The van der Waals surface area contributed by atoms with E-state index in [0.29, 0.717) is 6.54 Å². The van der Waals surface area contributed by atoms with Crippen molar-refractivity contribution in [3.05, 3.63) is 18.0 Å². The second-order valence-corrected chi connectivity index (χ2v) is 5.11. The van der Waals surface area contributed by atoms with Gasteiger partial charge >= 0.3 is 5.97 Å². The Morgan fingerprint density at radius 2 is 2.24 bits per heavy atom. The van der Waals surface area contributed by atoms with Crippen molar-refractivity contribution >= 4 is 16.0 Å². The summed E-state index contributed by atoms with van der Waals surface area (Å²) in [6.07, 6.45) is 1.29. The van der Waals surface area contributed by atoms with Gasteiger partial charge in [-0.15, -0.1) is 0 Å². The van der Waals surface area contributed by atoms with Gasteiger partial charge in [0.1, 0.15) is 10.6 Å². The second kappa shape index (κ2) is 5.30. The lowest BCUT2D eigenvalue weighted by Crippen LogP contribution is -2.28. The molecular weight excluding hydrogens is 246 g/mol. The Bertz CT molecular complexity index is 506. The van der Waals surface area contributed by atoms with Crippen LogP contribution in [0, 0.1) is 0 Å². The Hall–Kier alpha value is -1.38. The van der Waals surface area contributed by atoms with E-state index in [9.17, 15) is 13.2 Å². The predicted molar refractivity (Wildman–Crippen MR) is 61.3 cm³/mol. The van der Waals surface area contributed by atoms with Gasteiger partial charge in [-0.1, -0.05) is 0 Å². The molecule has 0 spiro atoms. The van der Waals surface area contributed by atoms with E-state index >= 15 is 0 Å². The molecule has 0 saturated heterocycles. The van der Waals surface area contributed by atoms with Crippen LogP contribution in [-0.2, 0) is 16.6 Å². The number of aryl methyl sites for hydroxylation is 1. The zero-order chi connectivity index (χ0) is 13.1. The van der Waals surface area contributed by atoms with Crippen molar-refractivity contribution in [2.75, 3.05) is 13.1 Å². The first-order valence-electron chi connectivity index (χ1n) is 5.05. The van der Waals surface area contributed by atoms with E-state index in [1.165, 1.54) is 10.8 Å². The molecule has 0 unspecified atom stereocenters. The van der Waals surface area contributed by atoms with Gasteiger partial charge in [0.15, 0.2) is 0 Å². The minimum absolute atomic E-state index is 0.0550. The van der Waals surface area contributed by atoms with Crippen molar-refractivity contribution in [1.29, 1.82) is 0 Å². The van der Waals surface area contributed by atoms with Gasteiger partial charge in [-0.25, -0.2) is 17.9 Å². The summed E-state index contributed by atoms with van der Waals surface area (Å²) in [5, 5.41) is 8.90. The van der Waals surface area contributed by atoms with Crippen molar-refractivity contribution in [1.82, 2.24) is 9.29 Å². The maximum absolute atomic E-state index is 11.7. The molecule has 1 aromatic heterocycles. The quantitative estimate of drug-likeness (QED) is 0.635. The van der Waals surface area contributed by atoms with Crippen LogP contribution in [0.3, 0.4) is 0 Å². The number of hydrogen-bond donors (Lipinski definition) is 3. The zero-order valence-electron chi connectivity index (χ0n) is 9.38. The molecular formula is C9H15N3O4S. The van der Waals surface area contributed by atoms with Crippen LogP contribution < -0.4 is 10.5 Å². The summed E-state index contributed by atoms with van der Waals surface area (Å²) in [5.74, 6) is -1.16. The summed E-state index contributed by atoms with van der Waals surface area (Å²) < 4.78 is 27.1. The van der Waals surface area contributed by atoms with Crippen LogP contribution in [0.4, 0.5) is 0 Å². The van der Waals surface area contributed by atoms with Gasteiger partial charge in [0, 0.05) is 25.8 Å². The highest BCUT2D eigenvalue weighted by Crippen LogP contribution is 2.14. The highest BCUT2D eigenvalue weighted by molar-refractivity contribution is 7.89. The van der Waals surface area contributed by atoms with Crippen LogP contribution in [0.15, 0.2) is 17.2 Å². The van der Waals surface area contributed by atoms with Crippen LogP contribution in [0.2, 0.25) is 0 Å². The first kappa shape index (κ1) is 13.7. The molecule has 1 rings (SSSR count). The van der Waals surface area contributed by atoms with Gasteiger partial charge in [0.2, 0.25) is 10.0 Å². The van der Waals surface area contributed by atoms with E-state index in [2.05, 4.69) is 4.72 Å². The van der Waals surface area contributed by atoms with E-state index in [4.69, 9.17) is 10.8 Å². The number of nitrogens with two attached hydrogens (primary N) is 1. The van der Waals surface area contributed by atoms with Crippen molar-refractivity contribution in [3.63, 3.8) is 0 Å². The number of rotatable bonds is 6. The number of nitrogens with one attached hydrogen (secondary N) is 1. The van der Waals surface area contributed by atoms with E-state index < -0.39 is 16.0 Å². The summed E-state index contributed by atoms with van der Waals surface area (Å²) in [7, 11) is -3.68. The maximum atomic E-state index is 11.7. The van der Waals surface area contributed by atoms with Crippen LogP contribution >= 0.6 is 0 Å². The Morgan fingerprint density at radius 1 is 1.59 bits per heavy atom. The predicted octanol–water partition coefficient (Wildman–Crippen LogP) is -0.557. The summed E-state index contributed by atoms with van der Waals surface area (Å²) in [6.45, 7) is 2.41. The molecule has 0 aliphatic heterocycles. The first-order chi connectivity index (χ1) is 7.92. The Kier molecular flexibility index (Phi) is 4.27. The molecule has 0 aliphatic carbocycles. The molecule has 7 nitrogen and oxygen atoms in total. The molecule has 0 bridgehead atoms. The fourth-order valence-electron chi connectivity index (χ4n) is 1.35. The topological polar surface area (TPSA) is 114 Å². The molecule has 96 valence electrons. The molecule has 0 atom stereocenters. The lowest BCUT2D eigenvalue weighted by Gasteiger charge is -2.02. The van der Waals surface area contributed by atoms with Gasteiger partial charge in [-0.05, 0) is 13.0 Å². The Balaban J connectivity index is 3.11. The molecule has 4 N–H and O–H groups in total. The minimum Gasteiger partial charge on any atom is -0.477 e. The molecule has 17 heavy (non-hydrogen) atoms. The Morgan fingerprint density at radius 3 is 2.65 bits per heavy atom. The normalized spacial score (nSPS) is 11.6. The third-order valence-corrected chi connectivity index (χ3v) is 3.61. The molecule has 0 saturated carbocycles. The summed E-state index contributed by atoms with van der Waals surface area (Å²) in [6, 6.07) is 1.13. The molecule has 0 aliphatic rings. The van der Waals surface area contributed by atoms with E-state index in [-0.39, 0.29) is 23.7 Å². The van der Waals surface area contributed by atoms with Gasteiger partial charge in [0.25, 0.3) is 0 Å². The molecule has 0 fully saturated rings. The number of carbonyl (C=O) groups is 1. The summed E-state index contributed by atoms with van der Waals surface area (Å²) in [4.78, 5) is 10.8. The number of nitrogens with zero attached hydrogens (tertiary/aromatic N) is 1. The fourth-order valence-corrected chi connectivity index (χ4v) is 2.43. The largest absolute Gasteiger partial charge is 0.477 e. The van der Waals surface area contributed by atoms with Crippen molar-refractivity contribution < 1.29 is 18.3 Å². The highest BCUT2D eigenvalue weighted by atomic mass is 32.2. The number of hydrogen-bond acceptors (Lipinski definition) is 4. The van der Waals surface area contributed by atoms with Gasteiger partial charge in [-0.2, -0.15) is 0 Å². The number of aromatic carboxylic acids is 1. The second-order valence-electron chi connectivity index (χ2n) is 3.34. The SMILES string of the molecule is CCn1cc(S(=O)(=O)NCCN)cc1C(=O)O. The smallest absolute Gasteiger partial charge is 0.352 e. The average Bonchev–Trinajstić information content (AvgIpc) is 2.71. The number of carboxylic acids is 1.